The Balaban J connectivity index is 1.42. The second-order valence-corrected chi connectivity index (χ2v) is 9.74. The number of aryl methyl sites for hydroxylation is 1. The first-order valence-corrected chi connectivity index (χ1v) is 13.0. The Labute approximate surface area is 220 Å². The van der Waals surface area contributed by atoms with E-state index in [4.69, 9.17) is 4.99 Å². The Kier molecular flexibility index (Phi) is 6.07. The molecule has 2 aromatic heterocycles. The number of carbonyl (C=O) groups excluding carboxylic acids is 1. The third-order valence-corrected chi connectivity index (χ3v) is 7.22. The smallest absolute Gasteiger partial charge is 0.263 e. The number of rotatable bonds is 6. The summed E-state index contributed by atoms with van der Waals surface area (Å²) in [5.74, 6) is 0.246. The number of tetrazole rings is 1. The maximum absolute atomic E-state index is 13.7. The van der Waals surface area contributed by atoms with Crippen molar-refractivity contribution < 1.29 is 4.79 Å². The van der Waals surface area contributed by atoms with Gasteiger partial charge in [-0.05, 0) is 74.4 Å². The van der Waals surface area contributed by atoms with Gasteiger partial charge in [-0.15, -0.1) is 10.2 Å². The van der Waals surface area contributed by atoms with Crippen LogP contribution in [0.1, 0.15) is 49.0 Å². The molecule has 0 saturated carbocycles. The van der Waals surface area contributed by atoms with Gasteiger partial charge in [0.05, 0.1) is 16.4 Å². The second kappa shape index (κ2) is 9.70. The van der Waals surface area contributed by atoms with E-state index < -0.39 is 0 Å². The molecule has 1 unspecified atom stereocenters. The first-order chi connectivity index (χ1) is 18.5. The van der Waals surface area contributed by atoms with E-state index in [-0.39, 0.29) is 12.1 Å². The molecule has 0 bridgehead atoms. The number of hydrogen-bond donors (Lipinski definition) is 1. The van der Waals surface area contributed by atoms with Crippen molar-refractivity contribution in [3.63, 3.8) is 0 Å². The van der Waals surface area contributed by atoms with Crippen LogP contribution < -0.4 is 15.5 Å². The summed E-state index contributed by atoms with van der Waals surface area (Å²) in [6, 6.07) is 22.1. The van der Waals surface area contributed by atoms with Crippen molar-refractivity contribution in [2.75, 3.05) is 4.90 Å². The molecule has 0 radical (unpaired) electrons. The molecule has 190 valence electrons. The lowest BCUT2D eigenvalue weighted by atomic mass is 10.1. The first kappa shape index (κ1) is 23.8. The summed E-state index contributed by atoms with van der Waals surface area (Å²) in [7, 11) is 0. The average molecular weight is 504 g/mol. The van der Waals surface area contributed by atoms with Gasteiger partial charge in [0, 0.05) is 33.7 Å². The van der Waals surface area contributed by atoms with E-state index in [2.05, 4.69) is 76.6 Å². The minimum absolute atomic E-state index is 0.0353. The van der Waals surface area contributed by atoms with E-state index in [1.165, 1.54) is 16.5 Å². The number of nitrogens with one attached hydrogen (secondary N) is 1. The first-order valence-electron chi connectivity index (χ1n) is 13.0. The lowest BCUT2D eigenvalue weighted by Crippen LogP contribution is -2.45. The molecule has 5 aromatic rings. The molecule has 0 aliphatic carbocycles. The fraction of sp³-hybridized carbons (Fsp3) is 0.233. The number of aromatic amines is 1. The number of carbonyl (C=O) groups is 1. The van der Waals surface area contributed by atoms with Crippen molar-refractivity contribution in [2.45, 2.75) is 46.2 Å². The summed E-state index contributed by atoms with van der Waals surface area (Å²) < 4.78 is 1.68. The summed E-state index contributed by atoms with van der Waals surface area (Å²) in [6.07, 6.45) is 5.06. The van der Waals surface area contributed by atoms with Crippen LogP contribution in [-0.2, 0) is 0 Å². The van der Waals surface area contributed by atoms with Crippen LogP contribution in [0.3, 0.4) is 0 Å². The van der Waals surface area contributed by atoms with Crippen LogP contribution in [0.15, 0.2) is 77.9 Å². The fourth-order valence-electron chi connectivity index (χ4n) is 5.30. The van der Waals surface area contributed by atoms with E-state index >= 15 is 0 Å². The van der Waals surface area contributed by atoms with E-state index in [1.807, 2.05) is 36.5 Å². The quantitative estimate of drug-likeness (QED) is 0.366. The molecule has 0 spiro atoms. The molecule has 8 heteroatoms. The number of anilines is 1. The molecule has 0 fully saturated rings. The van der Waals surface area contributed by atoms with Gasteiger partial charge < -0.3 is 4.90 Å². The number of hydrogen-bond acceptors (Lipinski definition) is 6. The maximum atomic E-state index is 13.7. The van der Waals surface area contributed by atoms with Gasteiger partial charge in [-0.1, -0.05) is 43.2 Å². The Morgan fingerprint density at radius 2 is 1.89 bits per heavy atom. The van der Waals surface area contributed by atoms with Crippen molar-refractivity contribution >= 4 is 28.2 Å². The Bertz CT molecular complexity index is 1770. The molecule has 8 nitrogen and oxygen atoms in total. The largest absolute Gasteiger partial charge is 0.322 e. The molecule has 1 aliphatic rings. The number of fused-ring (bicyclic) bond motifs is 2. The van der Waals surface area contributed by atoms with Gasteiger partial charge in [0.25, 0.3) is 5.91 Å². The number of nitrogens with zero attached hydrogens (tertiary/aromatic N) is 6. The molecular formula is C30H29N7O. The Morgan fingerprint density at radius 3 is 2.71 bits per heavy atom. The van der Waals surface area contributed by atoms with Crippen LogP contribution in [0, 0.1) is 6.92 Å². The predicted molar refractivity (Wildman–Crippen MR) is 148 cm³/mol. The van der Waals surface area contributed by atoms with Gasteiger partial charge in [0.1, 0.15) is 6.17 Å². The molecule has 3 aromatic carbocycles. The summed E-state index contributed by atoms with van der Waals surface area (Å²) >= 11 is 0. The van der Waals surface area contributed by atoms with E-state index in [0.717, 1.165) is 41.2 Å². The van der Waals surface area contributed by atoms with Gasteiger partial charge in [-0.3, -0.25) is 14.4 Å². The fourth-order valence-corrected chi connectivity index (χ4v) is 5.30. The highest BCUT2D eigenvalue weighted by Crippen LogP contribution is 2.31. The SMILES string of the molecule is CCCCC1N=c2ccc(C)cc2=C(C)N1c1ccc2c(ccn2C(=O)c2ccccc2-c2nn[nH]n2)c1. The lowest BCUT2D eigenvalue weighted by molar-refractivity contribution is 0.0965. The minimum Gasteiger partial charge on any atom is -0.322 e. The van der Waals surface area contributed by atoms with Crippen LogP contribution in [-0.4, -0.2) is 37.3 Å². The summed E-state index contributed by atoms with van der Waals surface area (Å²) in [6.45, 7) is 6.51. The topological polar surface area (TPSA) is 92.1 Å². The molecular weight excluding hydrogens is 474 g/mol. The third-order valence-electron chi connectivity index (χ3n) is 7.22. The van der Waals surface area contributed by atoms with Gasteiger partial charge in [-0.25, -0.2) is 0 Å². The summed E-state index contributed by atoms with van der Waals surface area (Å²) in [5, 5.41) is 17.5. The maximum Gasteiger partial charge on any atom is 0.263 e. The summed E-state index contributed by atoms with van der Waals surface area (Å²) in [5.41, 5.74) is 5.49. The van der Waals surface area contributed by atoms with E-state index in [0.29, 0.717) is 17.0 Å². The van der Waals surface area contributed by atoms with Gasteiger partial charge in [-0.2, -0.15) is 5.21 Å². The highest BCUT2D eigenvalue weighted by molar-refractivity contribution is 6.06. The van der Waals surface area contributed by atoms with Gasteiger partial charge >= 0.3 is 0 Å². The molecule has 0 saturated heterocycles. The van der Waals surface area contributed by atoms with Crippen molar-refractivity contribution in [1.29, 1.82) is 0 Å². The van der Waals surface area contributed by atoms with Crippen LogP contribution in [0.4, 0.5) is 5.69 Å². The van der Waals surface area contributed by atoms with Crippen LogP contribution >= 0.6 is 0 Å². The molecule has 38 heavy (non-hydrogen) atoms. The molecule has 0 amide bonds. The van der Waals surface area contributed by atoms with Crippen LogP contribution in [0.5, 0.6) is 0 Å². The van der Waals surface area contributed by atoms with Crippen molar-refractivity contribution in [2.24, 2.45) is 4.99 Å². The van der Waals surface area contributed by atoms with E-state index in [9.17, 15) is 4.79 Å². The van der Waals surface area contributed by atoms with Crippen molar-refractivity contribution in [3.8, 4) is 11.4 Å². The number of unbranched alkanes of at least 4 members (excludes halogenated alkanes) is 1. The number of aromatic nitrogens is 5. The Morgan fingerprint density at radius 1 is 1.03 bits per heavy atom. The standard InChI is InChI=1S/C30H29N7O/c1-4-5-10-28-31-26-13-11-19(2)17-25(26)20(3)37(28)22-12-14-27-21(18-22)15-16-36(27)30(38)24-9-7-6-8-23(24)29-32-34-35-33-29/h6-9,11-18,28H,4-5,10H2,1-3H3,(H,32,33,34,35). The zero-order valence-corrected chi connectivity index (χ0v) is 21.7. The average Bonchev–Trinajstić information content (AvgIpc) is 3.62. The highest BCUT2D eigenvalue weighted by atomic mass is 16.2. The molecule has 1 aliphatic heterocycles. The normalized spacial score (nSPS) is 15.0. The highest BCUT2D eigenvalue weighted by Gasteiger charge is 2.24. The zero-order valence-electron chi connectivity index (χ0n) is 21.7. The van der Waals surface area contributed by atoms with Crippen molar-refractivity contribution in [1.82, 2.24) is 25.2 Å². The molecule has 1 N–H and O–H groups in total. The van der Waals surface area contributed by atoms with E-state index in [1.54, 1.807) is 10.6 Å². The Hall–Kier alpha value is -4.59. The van der Waals surface area contributed by atoms with Gasteiger partial charge in [0.15, 0.2) is 0 Å². The molecule has 6 rings (SSSR count). The molecule has 1 atom stereocenters. The van der Waals surface area contributed by atoms with Crippen LogP contribution in [0.25, 0.3) is 28.0 Å². The minimum atomic E-state index is -0.144. The number of benzene rings is 3. The van der Waals surface area contributed by atoms with Crippen molar-refractivity contribution in [3.05, 3.63) is 94.6 Å². The summed E-state index contributed by atoms with van der Waals surface area (Å²) in [4.78, 5) is 21.2. The number of H-pyrrole nitrogens is 1. The predicted octanol–water partition coefficient (Wildman–Crippen LogP) is 4.60. The molecule has 3 heterocycles. The zero-order chi connectivity index (χ0) is 26.2. The second-order valence-electron chi connectivity index (χ2n) is 9.74. The third kappa shape index (κ3) is 4.08. The van der Waals surface area contributed by atoms with Crippen LogP contribution in [0.2, 0.25) is 0 Å². The lowest BCUT2D eigenvalue weighted by Gasteiger charge is -2.34. The van der Waals surface area contributed by atoms with Gasteiger partial charge in [0.2, 0.25) is 5.82 Å². The monoisotopic (exact) mass is 503 g/mol.